The third-order valence-electron chi connectivity index (χ3n) is 3.08. The lowest BCUT2D eigenvalue weighted by Crippen LogP contribution is -2.04. The average molecular weight is 243 g/mol. The molecule has 0 saturated heterocycles. The number of rotatable bonds is 5. The first-order valence-electron chi connectivity index (χ1n) is 6.46. The first-order valence-corrected chi connectivity index (χ1v) is 6.46. The minimum atomic E-state index is 0.592. The van der Waals surface area contributed by atoms with E-state index in [1.54, 1.807) is 0 Å². The van der Waals surface area contributed by atoms with Crippen LogP contribution in [-0.4, -0.2) is 16.3 Å². The van der Waals surface area contributed by atoms with Crippen molar-refractivity contribution in [2.24, 2.45) is 7.05 Å². The third kappa shape index (κ3) is 3.36. The topological polar surface area (TPSA) is 29.9 Å². The Morgan fingerprint density at radius 1 is 1.22 bits per heavy atom. The molecule has 0 saturated carbocycles. The minimum Gasteiger partial charge on any atom is -0.385 e. The third-order valence-corrected chi connectivity index (χ3v) is 3.08. The number of aryl methyl sites for hydroxylation is 1. The fourth-order valence-corrected chi connectivity index (χ4v) is 1.94. The summed E-state index contributed by atoms with van der Waals surface area (Å²) in [7, 11) is 1.95. The first-order chi connectivity index (χ1) is 8.65. The van der Waals surface area contributed by atoms with E-state index >= 15 is 0 Å². The summed E-state index contributed by atoms with van der Waals surface area (Å²) in [6, 6.07) is 8.69. The molecule has 1 aromatic heterocycles. The van der Waals surface area contributed by atoms with Crippen LogP contribution in [0.5, 0.6) is 0 Å². The second-order valence-corrected chi connectivity index (χ2v) is 4.98. The number of benzene rings is 1. The van der Waals surface area contributed by atoms with E-state index in [0.29, 0.717) is 5.92 Å². The molecule has 0 radical (unpaired) electrons. The van der Waals surface area contributed by atoms with Crippen molar-refractivity contribution in [3.63, 3.8) is 0 Å². The Bertz CT molecular complexity index is 483. The Hall–Kier alpha value is -1.77. The summed E-state index contributed by atoms with van der Waals surface area (Å²) in [5.74, 6) is 0.592. The molecule has 0 aliphatic rings. The van der Waals surface area contributed by atoms with E-state index in [1.807, 2.05) is 17.9 Å². The van der Waals surface area contributed by atoms with Crippen molar-refractivity contribution in [3.8, 4) is 0 Å². The minimum absolute atomic E-state index is 0.592. The van der Waals surface area contributed by atoms with Gasteiger partial charge in [-0.05, 0) is 35.6 Å². The van der Waals surface area contributed by atoms with Crippen LogP contribution in [0, 0.1) is 0 Å². The van der Waals surface area contributed by atoms with Crippen LogP contribution in [0.15, 0.2) is 36.7 Å². The van der Waals surface area contributed by atoms with Crippen LogP contribution in [0.4, 0.5) is 5.69 Å². The SMILES string of the molecule is CC(C)c1ccc(NCCc2cnn(C)c2)cc1. The van der Waals surface area contributed by atoms with E-state index in [9.17, 15) is 0 Å². The highest BCUT2D eigenvalue weighted by Gasteiger charge is 1.99. The summed E-state index contributed by atoms with van der Waals surface area (Å²) in [6.45, 7) is 5.36. The number of hydrogen-bond donors (Lipinski definition) is 1. The largest absolute Gasteiger partial charge is 0.385 e. The van der Waals surface area contributed by atoms with Crippen LogP contribution in [0.1, 0.15) is 30.9 Å². The number of anilines is 1. The van der Waals surface area contributed by atoms with Gasteiger partial charge in [0, 0.05) is 25.5 Å². The summed E-state index contributed by atoms with van der Waals surface area (Å²) in [6.07, 6.45) is 4.98. The van der Waals surface area contributed by atoms with Crippen molar-refractivity contribution in [1.82, 2.24) is 9.78 Å². The van der Waals surface area contributed by atoms with Gasteiger partial charge in [-0.15, -0.1) is 0 Å². The van der Waals surface area contributed by atoms with Gasteiger partial charge < -0.3 is 5.32 Å². The second kappa shape index (κ2) is 5.71. The summed E-state index contributed by atoms with van der Waals surface area (Å²) in [4.78, 5) is 0. The molecule has 96 valence electrons. The molecule has 1 N–H and O–H groups in total. The van der Waals surface area contributed by atoms with Crippen LogP contribution in [0.3, 0.4) is 0 Å². The normalized spacial score (nSPS) is 10.9. The van der Waals surface area contributed by atoms with Crippen LogP contribution in [-0.2, 0) is 13.5 Å². The van der Waals surface area contributed by atoms with Crippen molar-refractivity contribution in [1.29, 1.82) is 0 Å². The molecule has 0 aliphatic heterocycles. The highest BCUT2D eigenvalue weighted by Crippen LogP contribution is 2.17. The zero-order valence-electron chi connectivity index (χ0n) is 11.4. The molecule has 0 spiro atoms. The molecule has 0 fully saturated rings. The molecule has 0 aliphatic carbocycles. The molecule has 0 unspecified atom stereocenters. The number of aromatic nitrogens is 2. The van der Waals surface area contributed by atoms with Crippen molar-refractivity contribution < 1.29 is 0 Å². The maximum absolute atomic E-state index is 4.16. The summed E-state index contributed by atoms with van der Waals surface area (Å²) >= 11 is 0. The standard InChI is InChI=1S/C15H21N3/c1-12(2)14-4-6-15(7-5-14)16-9-8-13-10-17-18(3)11-13/h4-7,10-12,16H,8-9H2,1-3H3. The average Bonchev–Trinajstić information content (AvgIpc) is 2.76. The monoisotopic (exact) mass is 243 g/mol. The van der Waals surface area contributed by atoms with E-state index < -0.39 is 0 Å². The fourth-order valence-electron chi connectivity index (χ4n) is 1.94. The predicted octanol–water partition coefficient (Wildman–Crippen LogP) is 3.20. The molecule has 1 heterocycles. The van der Waals surface area contributed by atoms with Crippen molar-refractivity contribution >= 4 is 5.69 Å². The lowest BCUT2D eigenvalue weighted by Gasteiger charge is -2.08. The van der Waals surface area contributed by atoms with Crippen molar-refractivity contribution in [2.45, 2.75) is 26.2 Å². The maximum Gasteiger partial charge on any atom is 0.0522 e. The van der Waals surface area contributed by atoms with Gasteiger partial charge in [0.25, 0.3) is 0 Å². The molecular weight excluding hydrogens is 222 g/mol. The lowest BCUT2D eigenvalue weighted by molar-refractivity contribution is 0.767. The van der Waals surface area contributed by atoms with E-state index in [0.717, 1.165) is 13.0 Å². The van der Waals surface area contributed by atoms with Gasteiger partial charge >= 0.3 is 0 Å². The van der Waals surface area contributed by atoms with Gasteiger partial charge in [-0.3, -0.25) is 4.68 Å². The van der Waals surface area contributed by atoms with Crippen LogP contribution in [0.25, 0.3) is 0 Å². The fraction of sp³-hybridized carbons (Fsp3) is 0.400. The highest BCUT2D eigenvalue weighted by atomic mass is 15.2. The predicted molar refractivity (Wildman–Crippen MR) is 75.9 cm³/mol. The van der Waals surface area contributed by atoms with E-state index in [-0.39, 0.29) is 0 Å². The van der Waals surface area contributed by atoms with Gasteiger partial charge in [-0.25, -0.2) is 0 Å². The van der Waals surface area contributed by atoms with Gasteiger partial charge in [0.05, 0.1) is 6.20 Å². The molecule has 0 bridgehead atoms. The van der Waals surface area contributed by atoms with Crippen LogP contribution in [0.2, 0.25) is 0 Å². The molecule has 1 aromatic carbocycles. The molecule has 2 aromatic rings. The Balaban J connectivity index is 1.83. The quantitative estimate of drug-likeness (QED) is 0.874. The van der Waals surface area contributed by atoms with Gasteiger partial charge in [0.15, 0.2) is 0 Å². The van der Waals surface area contributed by atoms with E-state index in [1.165, 1.54) is 16.8 Å². The van der Waals surface area contributed by atoms with E-state index in [4.69, 9.17) is 0 Å². The molecule has 2 rings (SSSR count). The number of nitrogens with one attached hydrogen (secondary N) is 1. The highest BCUT2D eigenvalue weighted by molar-refractivity contribution is 5.45. The lowest BCUT2D eigenvalue weighted by atomic mass is 10.0. The molecule has 18 heavy (non-hydrogen) atoms. The molecule has 3 heteroatoms. The smallest absolute Gasteiger partial charge is 0.0522 e. The number of nitrogens with zero attached hydrogens (tertiary/aromatic N) is 2. The van der Waals surface area contributed by atoms with Crippen molar-refractivity contribution in [2.75, 3.05) is 11.9 Å². The molecular formula is C15H21N3. The van der Waals surface area contributed by atoms with Crippen LogP contribution < -0.4 is 5.32 Å². The zero-order chi connectivity index (χ0) is 13.0. The van der Waals surface area contributed by atoms with Gasteiger partial charge in [-0.1, -0.05) is 26.0 Å². The van der Waals surface area contributed by atoms with Crippen molar-refractivity contribution in [3.05, 3.63) is 47.8 Å². The maximum atomic E-state index is 4.16. The Morgan fingerprint density at radius 3 is 2.50 bits per heavy atom. The summed E-state index contributed by atoms with van der Waals surface area (Å²) < 4.78 is 1.84. The van der Waals surface area contributed by atoms with Gasteiger partial charge in [-0.2, -0.15) is 5.10 Å². The van der Waals surface area contributed by atoms with Gasteiger partial charge in [0.1, 0.15) is 0 Å². The summed E-state index contributed by atoms with van der Waals surface area (Å²) in [5, 5.41) is 7.59. The van der Waals surface area contributed by atoms with E-state index in [2.05, 4.69) is 54.7 Å². The zero-order valence-corrected chi connectivity index (χ0v) is 11.4. The molecule has 3 nitrogen and oxygen atoms in total. The molecule has 0 atom stereocenters. The Kier molecular flexibility index (Phi) is 4.03. The number of hydrogen-bond acceptors (Lipinski definition) is 2. The Morgan fingerprint density at radius 2 is 1.94 bits per heavy atom. The molecule has 0 amide bonds. The Labute approximate surface area is 109 Å². The first kappa shape index (κ1) is 12.7. The summed E-state index contributed by atoms with van der Waals surface area (Å²) in [5.41, 5.74) is 3.83. The van der Waals surface area contributed by atoms with Crippen LogP contribution >= 0.6 is 0 Å². The second-order valence-electron chi connectivity index (χ2n) is 4.98. The van der Waals surface area contributed by atoms with Gasteiger partial charge in [0.2, 0.25) is 0 Å².